The van der Waals surface area contributed by atoms with Gasteiger partial charge < -0.3 is 9.80 Å². The fourth-order valence-corrected chi connectivity index (χ4v) is 2.25. The molecule has 110 valence electrons. The van der Waals surface area contributed by atoms with Crippen molar-refractivity contribution in [3.05, 3.63) is 53.2 Å². The smallest absolute Gasteiger partial charge is 0.258 e. The van der Waals surface area contributed by atoms with Gasteiger partial charge in [-0.1, -0.05) is 6.07 Å². The predicted molar refractivity (Wildman–Crippen MR) is 87.2 cm³/mol. The van der Waals surface area contributed by atoms with Gasteiger partial charge in [0.05, 0.1) is 0 Å². The Morgan fingerprint density at radius 2 is 1.62 bits per heavy atom. The molecule has 0 bridgehead atoms. The van der Waals surface area contributed by atoms with E-state index in [2.05, 4.69) is 11.1 Å². The minimum absolute atomic E-state index is 0.0366. The van der Waals surface area contributed by atoms with Crippen LogP contribution in [0.15, 0.2) is 36.5 Å². The number of anilines is 2. The van der Waals surface area contributed by atoms with Gasteiger partial charge >= 0.3 is 0 Å². The van der Waals surface area contributed by atoms with Crippen molar-refractivity contribution in [3.8, 4) is 0 Å². The van der Waals surface area contributed by atoms with Gasteiger partial charge in [0.15, 0.2) is 0 Å². The van der Waals surface area contributed by atoms with Crippen LogP contribution in [0.4, 0.5) is 11.5 Å². The molecule has 0 unspecified atom stereocenters. The Labute approximate surface area is 126 Å². The number of hydrogen-bond donors (Lipinski definition) is 0. The number of benzene rings is 1. The van der Waals surface area contributed by atoms with Crippen LogP contribution in [-0.4, -0.2) is 32.0 Å². The Hall–Kier alpha value is -2.36. The van der Waals surface area contributed by atoms with E-state index in [1.54, 1.807) is 24.2 Å². The quantitative estimate of drug-likeness (QED) is 0.868. The van der Waals surface area contributed by atoms with E-state index >= 15 is 0 Å². The van der Waals surface area contributed by atoms with E-state index in [-0.39, 0.29) is 5.91 Å². The van der Waals surface area contributed by atoms with Crippen molar-refractivity contribution in [1.82, 2.24) is 4.98 Å². The van der Waals surface area contributed by atoms with Crippen molar-refractivity contribution in [2.45, 2.75) is 13.8 Å². The minimum Gasteiger partial charge on any atom is -0.363 e. The van der Waals surface area contributed by atoms with Crippen LogP contribution < -0.4 is 9.80 Å². The molecule has 0 N–H and O–H groups in total. The molecule has 0 aliphatic heterocycles. The van der Waals surface area contributed by atoms with Crippen LogP contribution in [0.25, 0.3) is 0 Å². The lowest BCUT2D eigenvalue weighted by Crippen LogP contribution is -2.26. The number of amides is 1. The number of carbonyl (C=O) groups is 1. The van der Waals surface area contributed by atoms with Crippen LogP contribution in [0.1, 0.15) is 21.5 Å². The van der Waals surface area contributed by atoms with Gasteiger partial charge in [-0.15, -0.1) is 0 Å². The Bertz CT molecular complexity index is 645. The summed E-state index contributed by atoms with van der Waals surface area (Å²) in [6.45, 7) is 4.07. The Kier molecular flexibility index (Phi) is 4.26. The standard InChI is InChI=1S/C17H21N3O/c1-12-8-13(2)10-15(9-12)20(5)17(21)14-6-7-18-16(11-14)19(3)4/h6-11H,1-5H3. The molecule has 0 radical (unpaired) electrons. The van der Waals surface area contributed by atoms with E-state index in [0.717, 1.165) is 22.6 Å². The molecule has 21 heavy (non-hydrogen) atoms. The molecule has 0 saturated carbocycles. The van der Waals surface area contributed by atoms with Gasteiger partial charge in [-0.25, -0.2) is 4.98 Å². The fourth-order valence-electron chi connectivity index (χ4n) is 2.25. The van der Waals surface area contributed by atoms with E-state index in [9.17, 15) is 4.79 Å². The molecule has 1 amide bonds. The highest BCUT2D eigenvalue weighted by Gasteiger charge is 2.15. The lowest BCUT2D eigenvalue weighted by atomic mass is 10.1. The molecule has 1 aromatic carbocycles. The fraction of sp³-hybridized carbons (Fsp3) is 0.294. The molecule has 4 heteroatoms. The lowest BCUT2D eigenvalue weighted by molar-refractivity contribution is 0.0993. The maximum absolute atomic E-state index is 12.6. The summed E-state index contributed by atoms with van der Waals surface area (Å²) in [6, 6.07) is 9.67. The molecule has 0 fully saturated rings. The predicted octanol–water partition coefficient (Wildman–Crippen LogP) is 3.04. The monoisotopic (exact) mass is 283 g/mol. The zero-order chi connectivity index (χ0) is 15.6. The van der Waals surface area contributed by atoms with Crippen molar-refractivity contribution >= 4 is 17.4 Å². The first-order valence-corrected chi connectivity index (χ1v) is 6.88. The summed E-state index contributed by atoms with van der Waals surface area (Å²) in [5.74, 6) is 0.736. The zero-order valence-corrected chi connectivity index (χ0v) is 13.2. The van der Waals surface area contributed by atoms with Crippen LogP contribution in [0.3, 0.4) is 0 Å². The summed E-state index contributed by atoms with van der Waals surface area (Å²) in [5.41, 5.74) is 3.83. The second kappa shape index (κ2) is 5.95. The van der Waals surface area contributed by atoms with Crippen LogP contribution in [0.2, 0.25) is 0 Å². The molecule has 0 atom stereocenters. The summed E-state index contributed by atoms with van der Waals surface area (Å²) in [5, 5.41) is 0. The third-order valence-electron chi connectivity index (χ3n) is 3.35. The van der Waals surface area contributed by atoms with Crippen molar-refractivity contribution < 1.29 is 4.79 Å². The van der Waals surface area contributed by atoms with Gasteiger partial charge in [-0.2, -0.15) is 0 Å². The normalized spacial score (nSPS) is 10.3. The molecule has 2 aromatic rings. The van der Waals surface area contributed by atoms with Crippen LogP contribution in [-0.2, 0) is 0 Å². The molecule has 0 aliphatic carbocycles. The average Bonchev–Trinajstić information content (AvgIpc) is 2.44. The van der Waals surface area contributed by atoms with Crippen molar-refractivity contribution in [2.75, 3.05) is 30.9 Å². The van der Waals surface area contributed by atoms with Gasteiger partial charge in [0.25, 0.3) is 5.91 Å². The second-order valence-electron chi connectivity index (χ2n) is 5.51. The van der Waals surface area contributed by atoms with Gasteiger partial charge in [0, 0.05) is 38.6 Å². The number of nitrogens with zero attached hydrogens (tertiary/aromatic N) is 3. The number of rotatable bonds is 3. The van der Waals surface area contributed by atoms with E-state index in [4.69, 9.17) is 0 Å². The van der Waals surface area contributed by atoms with Crippen molar-refractivity contribution in [2.24, 2.45) is 0 Å². The van der Waals surface area contributed by atoms with E-state index in [0.29, 0.717) is 5.56 Å². The molecule has 0 saturated heterocycles. The first-order chi connectivity index (χ1) is 9.88. The van der Waals surface area contributed by atoms with Gasteiger partial charge in [-0.3, -0.25) is 4.79 Å². The van der Waals surface area contributed by atoms with Crippen LogP contribution in [0, 0.1) is 13.8 Å². The SMILES string of the molecule is Cc1cc(C)cc(N(C)C(=O)c2ccnc(N(C)C)c2)c1. The molecule has 0 aliphatic rings. The van der Waals surface area contributed by atoms with Crippen molar-refractivity contribution in [3.63, 3.8) is 0 Å². The molecule has 2 rings (SSSR count). The Balaban J connectivity index is 2.32. The Morgan fingerprint density at radius 1 is 1.00 bits per heavy atom. The highest BCUT2D eigenvalue weighted by Crippen LogP contribution is 2.20. The molecule has 0 spiro atoms. The minimum atomic E-state index is -0.0366. The average molecular weight is 283 g/mol. The number of carbonyl (C=O) groups excluding carboxylic acids is 1. The van der Waals surface area contributed by atoms with E-state index in [1.165, 1.54) is 0 Å². The largest absolute Gasteiger partial charge is 0.363 e. The second-order valence-corrected chi connectivity index (χ2v) is 5.51. The number of pyridine rings is 1. The van der Waals surface area contributed by atoms with Gasteiger partial charge in [0.2, 0.25) is 0 Å². The number of hydrogen-bond acceptors (Lipinski definition) is 3. The topological polar surface area (TPSA) is 36.4 Å². The van der Waals surface area contributed by atoms with Crippen molar-refractivity contribution in [1.29, 1.82) is 0 Å². The summed E-state index contributed by atoms with van der Waals surface area (Å²) in [4.78, 5) is 20.4. The molecular formula is C17H21N3O. The first-order valence-electron chi connectivity index (χ1n) is 6.88. The third kappa shape index (κ3) is 3.40. The van der Waals surface area contributed by atoms with Crippen LogP contribution >= 0.6 is 0 Å². The Morgan fingerprint density at radius 3 is 2.19 bits per heavy atom. The molecule has 1 heterocycles. The number of aryl methyl sites for hydroxylation is 2. The summed E-state index contributed by atoms with van der Waals surface area (Å²) in [7, 11) is 5.61. The maximum atomic E-state index is 12.6. The van der Waals surface area contributed by atoms with Gasteiger partial charge in [-0.05, 0) is 49.2 Å². The van der Waals surface area contributed by atoms with Gasteiger partial charge in [0.1, 0.15) is 5.82 Å². The third-order valence-corrected chi connectivity index (χ3v) is 3.35. The summed E-state index contributed by atoms with van der Waals surface area (Å²) in [6.07, 6.45) is 1.66. The van der Waals surface area contributed by atoms with E-state index in [1.807, 2.05) is 51.0 Å². The summed E-state index contributed by atoms with van der Waals surface area (Å²) >= 11 is 0. The van der Waals surface area contributed by atoms with Crippen LogP contribution in [0.5, 0.6) is 0 Å². The highest BCUT2D eigenvalue weighted by molar-refractivity contribution is 6.06. The molecule has 4 nitrogen and oxygen atoms in total. The zero-order valence-electron chi connectivity index (χ0n) is 13.2. The maximum Gasteiger partial charge on any atom is 0.258 e. The summed E-state index contributed by atoms with van der Waals surface area (Å²) < 4.78 is 0. The highest BCUT2D eigenvalue weighted by atomic mass is 16.2. The molecule has 1 aromatic heterocycles. The lowest BCUT2D eigenvalue weighted by Gasteiger charge is -2.19. The number of aromatic nitrogens is 1. The molecular weight excluding hydrogens is 262 g/mol. The first kappa shape index (κ1) is 15.0. The van der Waals surface area contributed by atoms with E-state index < -0.39 is 0 Å².